The van der Waals surface area contributed by atoms with Crippen LogP contribution >= 0.6 is 11.3 Å². The molecule has 0 saturated carbocycles. The van der Waals surface area contributed by atoms with Crippen molar-refractivity contribution in [3.63, 3.8) is 0 Å². The van der Waals surface area contributed by atoms with Gasteiger partial charge in [-0.05, 0) is 55.5 Å². The van der Waals surface area contributed by atoms with E-state index < -0.39 is 4.92 Å². The van der Waals surface area contributed by atoms with E-state index in [2.05, 4.69) is 10.3 Å². The first-order chi connectivity index (χ1) is 17.5. The number of pyridine rings is 1. The topological polar surface area (TPSA) is 107 Å². The van der Waals surface area contributed by atoms with E-state index in [0.29, 0.717) is 34.2 Å². The van der Waals surface area contributed by atoms with Gasteiger partial charge in [0.25, 0.3) is 11.6 Å². The zero-order valence-electron chi connectivity index (χ0n) is 19.2. The number of nitrogens with zero attached hydrogens (tertiary/aromatic N) is 3. The van der Waals surface area contributed by atoms with Crippen LogP contribution in [0, 0.1) is 10.1 Å². The van der Waals surface area contributed by atoms with Crippen LogP contribution in [0.25, 0.3) is 33.4 Å². The van der Waals surface area contributed by atoms with Gasteiger partial charge in [-0.3, -0.25) is 20.2 Å². The average Bonchev–Trinajstić information content (AvgIpc) is 3.37. The Morgan fingerprint density at radius 1 is 0.972 bits per heavy atom. The predicted molar refractivity (Wildman–Crippen MR) is 141 cm³/mol. The Bertz CT molecular complexity index is 1560. The van der Waals surface area contributed by atoms with Crippen LogP contribution in [0.4, 0.5) is 10.8 Å². The lowest BCUT2D eigenvalue weighted by Gasteiger charge is -2.10. The van der Waals surface area contributed by atoms with Gasteiger partial charge in [0.1, 0.15) is 5.75 Å². The van der Waals surface area contributed by atoms with Gasteiger partial charge >= 0.3 is 0 Å². The van der Waals surface area contributed by atoms with Crippen LogP contribution in [0.3, 0.4) is 0 Å². The minimum atomic E-state index is -0.447. The fourth-order valence-electron chi connectivity index (χ4n) is 3.78. The molecule has 1 amide bonds. The van der Waals surface area contributed by atoms with Crippen molar-refractivity contribution in [1.29, 1.82) is 0 Å². The number of anilines is 1. The van der Waals surface area contributed by atoms with Gasteiger partial charge in [0.05, 0.1) is 34.0 Å². The Balaban J connectivity index is 1.44. The third kappa shape index (κ3) is 4.77. The maximum absolute atomic E-state index is 13.3. The lowest BCUT2D eigenvalue weighted by atomic mass is 10.0. The molecule has 0 aliphatic carbocycles. The molecular weight excluding hydrogens is 476 g/mol. The van der Waals surface area contributed by atoms with Gasteiger partial charge in [0.2, 0.25) is 0 Å². The number of non-ortho nitro benzene ring substituents is 1. The van der Waals surface area contributed by atoms with Gasteiger partial charge < -0.3 is 4.74 Å². The monoisotopic (exact) mass is 496 g/mol. The molecule has 2 heterocycles. The van der Waals surface area contributed by atoms with Gasteiger partial charge in [-0.1, -0.05) is 18.2 Å². The molecule has 0 aliphatic rings. The Morgan fingerprint density at radius 3 is 2.39 bits per heavy atom. The third-order valence-electron chi connectivity index (χ3n) is 5.52. The van der Waals surface area contributed by atoms with Crippen molar-refractivity contribution in [1.82, 2.24) is 9.97 Å². The first kappa shape index (κ1) is 23.1. The van der Waals surface area contributed by atoms with E-state index in [0.717, 1.165) is 22.3 Å². The Labute approximate surface area is 210 Å². The molecule has 3 aromatic carbocycles. The minimum Gasteiger partial charge on any atom is -0.494 e. The van der Waals surface area contributed by atoms with E-state index >= 15 is 0 Å². The van der Waals surface area contributed by atoms with Crippen molar-refractivity contribution in [3.8, 4) is 28.3 Å². The average molecular weight is 497 g/mol. The van der Waals surface area contributed by atoms with Gasteiger partial charge in [0.15, 0.2) is 5.13 Å². The molecule has 0 spiro atoms. The number of hydrogen-bond acceptors (Lipinski definition) is 7. The fourth-order valence-corrected chi connectivity index (χ4v) is 4.50. The van der Waals surface area contributed by atoms with Crippen LogP contribution in [-0.4, -0.2) is 27.4 Å². The number of hydrogen-bond donors (Lipinski definition) is 1. The number of carbonyl (C=O) groups is 1. The van der Waals surface area contributed by atoms with E-state index in [9.17, 15) is 14.9 Å². The molecule has 0 saturated heterocycles. The highest BCUT2D eigenvalue weighted by molar-refractivity contribution is 7.14. The van der Waals surface area contributed by atoms with Gasteiger partial charge in [-0.25, -0.2) is 9.97 Å². The summed E-state index contributed by atoms with van der Waals surface area (Å²) in [6, 6.07) is 23.0. The van der Waals surface area contributed by atoms with E-state index in [1.807, 2.05) is 55.5 Å². The molecule has 178 valence electrons. The summed E-state index contributed by atoms with van der Waals surface area (Å²) in [5.74, 6) is 0.470. The van der Waals surface area contributed by atoms with E-state index in [4.69, 9.17) is 9.72 Å². The Kier molecular flexibility index (Phi) is 6.38. The molecule has 1 N–H and O–H groups in total. The highest BCUT2D eigenvalue weighted by Gasteiger charge is 2.16. The summed E-state index contributed by atoms with van der Waals surface area (Å²) in [5.41, 5.74) is 4.09. The second-order valence-electron chi connectivity index (χ2n) is 7.83. The summed E-state index contributed by atoms with van der Waals surface area (Å²) in [6.45, 7) is 2.52. The summed E-state index contributed by atoms with van der Waals surface area (Å²) in [5, 5.41) is 16.7. The minimum absolute atomic E-state index is 0.00963. The summed E-state index contributed by atoms with van der Waals surface area (Å²) >= 11 is 1.28. The number of thiazole rings is 1. The summed E-state index contributed by atoms with van der Waals surface area (Å²) in [7, 11) is 0. The highest BCUT2D eigenvalue weighted by Crippen LogP contribution is 2.29. The van der Waals surface area contributed by atoms with Crippen LogP contribution in [0.2, 0.25) is 0 Å². The number of benzene rings is 3. The number of aromatic nitrogens is 2. The number of ether oxygens (including phenoxy) is 1. The van der Waals surface area contributed by atoms with Crippen molar-refractivity contribution in [3.05, 3.63) is 99.9 Å². The van der Waals surface area contributed by atoms with Crippen molar-refractivity contribution >= 4 is 39.0 Å². The Hall–Kier alpha value is -4.63. The highest BCUT2D eigenvalue weighted by atomic mass is 32.1. The summed E-state index contributed by atoms with van der Waals surface area (Å²) < 4.78 is 5.53. The fraction of sp³-hybridized carbons (Fsp3) is 0.0741. The number of nitro benzene ring substituents is 1. The molecule has 9 heteroatoms. The summed E-state index contributed by atoms with van der Waals surface area (Å²) in [4.78, 5) is 33.0. The van der Waals surface area contributed by atoms with E-state index in [1.54, 1.807) is 23.6 Å². The quantitative estimate of drug-likeness (QED) is 0.201. The smallest absolute Gasteiger partial charge is 0.269 e. The molecule has 0 bridgehead atoms. The number of nitrogens with one attached hydrogen (secondary N) is 1. The van der Waals surface area contributed by atoms with E-state index in [-0.39, 0.29) is 11.6 Å². The Morgan fingerprint density at radius 2 is 1.67 bits per heavy atom. The number of amides is 1. The lowest BCUT2D eigenvalue weighted by molar-refractivity contribution is -0.384. The molecule has 8 nitrogen and oxygen atoms in total. The maximum atomic E-state index is 13.3. The lowest BCUT2D eigenvalue weighted by Crippen LogP contribution is -2.13. The van der Waals surface area contributed by atoms with E-state index in [1.165, 1.54) is 23.5 Å². The van der Waals surface area contributed by atoms with Crippen LogP contribution in [0.5, 0.6) is 5.75 Å². The molecule has 5 aromatic rings. The predicted octanol–water partition coefficient (Wildman–Crippen LogP) is 6.58. The van der Waals surface area contributed by atoms with Crippen LogP contribution in [-0.2, 0) is 0 Å². The van der Waals surface area contributed by atoms with Crippen molar-refractivity contribution in [2.24, 2.45) is 0 Å². The normalized spacial score (nSPS) is 10.8. The van der Waals surface area contributed by atoms with Crippen LogP contribution in [0.15, 0.2) is 84.2 Å². The first-order valence-corrected chi connectivity index (χ1v) is 12.0. The zero-order chi connectivity index (χ0) is 25.1. The number of carbonyl (C=O) groups excluding carboxylic acids is 1. The van der Waals surface area contributed by atoms with Crippen LogP contribution < -0.4 is 10.1 Å². The van der Waals surface area contributed by atoms with Crippen LogP contribution in [0.1, 0.15) is 17.3 Å². The number of nitro groups is 1. The molecular formula is C27H20N4O4S. The second kappa shape index (κ2) is 9.93. The zero-order valence-corrected chi connectivity index (χ0v) is 20.0. The molecule has 0 aliphatic heterocycles. The van der Waals surface area contributed by atoms with Gasteiger partial charge in [0, 0.05) is 34.0 Å². The maximum Gasteiger partial charge on any atom is 0.269 e. The molecule has 0 fully saturated rings. The number of fused-ring (bicyclic) bond motifs is 1. The number of rotatable bonds is 7. The third-order valence-corrected chi connectivity index (χ3v) is 6.28. The SMILES string of the molecule is CCOc1ccc(-c2cc(C(=O)Nc3nc(-c4ccc([N+](=O)[O-])cc4)cs3)c3ccccc3n2)cc1. The molecule has 36 heavy (non-hydrogen) atoms. The van der Waals surface area contributed by atoms with Crippen molar-refractivity contribution < 1.29 is 14.5 Å². The molecule has 0 unspecified atom stereocenters. The largest absolute Gasteiger partial charge is 0.494 e. The van der Waals surface area contributed by atoms with Gasteiger partial charge in [-0.2, -0.15) is 0 Å². The summed E-state index contributed by atoms with van der Waals surface area (Å²) in [6.07, 6.45) is 0. The standard InChI is InChI=1S/C27H20N4O4S/c1-2-35-20-13-9-17(10-14-20)24-15-22(21-5-3-4-6-23(21)28-24)26(32)30-27-29-25(16-36-27)18-7-11-19(12-8-18)31(33)34/h3-16H,2H2,1H3,(H,29,30,32). The molecule has 0 radical (unpaired) electrons. The number of para-hydroxylation sites is 1. The van der Waals surface area contributed by atoms with Gasteiger partial charge in [-0.15, -0.1) is 11.3 Å². The molecule has 5 rings (SSSR count). The molecule has 0 atom stereocenters. The first-order valence-electron chi connectivity index (χ1n) is 11.2. The second-order valence-corrected chi connectivity index (χ2v) is 8.68. The van der Waals surface area contributed by atoms with Crippen molar-refractivity contribution in [2.45, 2.75) is 6.92 Å². The molecule has 2 aromatic heterocycles. The van der Waals surface area contributed by atoms with Crippen molar-refractivity contribution in [2.75, 3.05) is 11.9 Å².